The normalized spacial score (nSPS) is 16.3. The van der Waals surface area contributed by atoms with E-state index in [4.69, 9.17) is 10.2 Å². The highest BCUT2D eigenvalue weighted by Gasteiger charge is 2.22. The molecule has 1 amide bonds. The van der Waals surface area contributed by atoms with Gasteiger partial charge in [0.1, 0.15) is 5.69 Å². The van der Waals surface area contributed by atoms with Crippen molar-refractivity contribution in [2.24, 2.45) is 0 Å². The molecule has 112 valence electrons. The maximum Gasteiger partial charge on any atom is 0.274 e. The number of carbonyl (C=O) groups excluding carboxylic acids is 1. The Kier molecular flexibility index (Phi) is 5.55. The quantitative estimate of drug-likeness (QED) is 0.722. The highest BCUT2D eigenvalue weighted by Crippen LogP contribution is 2.31. The van der Waals surface area contributed by atoms with Gasteiger partial charge < -0.3 is 15.1 Å². The Morgan fingerprint density at radius 1 is 1.25 bits per heavy atom. The van der Waals surface area contributed by atoms with Crippen LogP contribution in [0.15, 0.2) is 6.07 Å². The second kappa shape index (κ2) is 7.40. The van der Waals surface area contributed by atoms with Gasteiger partial charge in [-0.25, -0.2) is 0 Å². The standard InChI is InChI=1S/C14H23N3O3/c18-8-6-17(7-9-19)14(20)13-10-12(15-16-13)11-4-2-1-3-5-11/h10-11,18-19H,1-9H2,(H,15,16). The number of aromatic amines is 1. The van der Waals surface area contributed by atoms with E-state index in [9.17, 15) is 4.79 Å². The van der Waals surface area contributed by atoms with Crippen molar-refractivity contribution in [2.45, 2.75) is 38.0 Å². The lowest BCUT2D eigenvalue weighted by molar-refractivity contribution is 0.0679. The van der Waals surface area contributed by atoms with Crippen LogP contribution in [0.25, 0.3) is 0 Å². The molecule has 20 heavy (non-hydrogen) atoms. The molecule has 2 rings (SSSR count). The highest BCUT2D eigenvalue weighted by atomic mass is 16.3. The van der Waals surface area contributed by atoms with Gasteiger partial charge in [0, 0.05) is 24.7 Å². The minimum atomic E-state index is -0.244. The summed E-state index contributed by atoms with van der Waals surface area (Å²) in [5, 5.41) is 25.0. The smallest absolute Gasteiger partial charge is 0.274 e. The first-order chi connectivity index (χ1) is 9.76. The van der Waals surface area contributed by atoms with E-state index in [2.05, 4.69) is 10.2 Å². The van der Waals surface area contributed by atoms with Gasteiger partial charge in [-0.1, -0.05) is 19.3 Å². The first-order valence-corrected chi connectivity index (χ1v) is 7.32. The zero-order valence-electron chi connectivity index (χ0n) is 11.7. The summed E-state index contributed by atoms with van der Waals surface area (Å²) in [4.78, 5) is 13.7. The third-order valence-corrected chi connectivity index (χ3v) is 3.89. The highest BCUT2D eigenvalue weighted by molar-refractivity contribution is 5.92. The zero-order valence-corrected chi connectivity index (χ0v) is 11.7. The van der Waals surface area contributed by atoms with Gasteiger partial charge in [0.05, 0.1) is 13.2 Å². The third kappa shape index (κ3) is 3.58. The van der Waals surface area contributed by atoms with Crippen LogP contribution in [0.5, 0.6) is 0 Å². The molecule has 0 bridgehead atoms. The Morgan fingerprint density at radius 2 is 1.90 bits per heavy atom. The van der Waals surface area contributed by atoms with Crippen LogP contribution in [0.3, 0.4) is 0 Å². The fourth-order valence-electron chi connectivity index (χ4n) is 2.79. The van der Waals surface area contributed by atoms with E-state index in [1.807, 2.05) is 6.07 Å². The molecule has 0 spiro atoms. The number of amides is 1. The van der Waals surface area contributed by atoms with E-state index < -0.39 is 0 Å². The summed E-state index contributed by atoms with van der Waals surface area (Å²) in [5.41, 5.74) is 1.40. The largest absolute Gasteiger partial charge is 0.395 e. The van der Waals surface area contributed by atoms with Crippen molar-refractivity contribution in [1.82, 2.24) is 15.1 Å². The number of aromatic nitrogens is 2. The number of H-pyrrole nitrogens is 1. The van der Waals surface area contributed by atoms with E-state index in [0.29, 0.717) is 11.6 Å². The van der Waals surface area contributed by atoms with Gasteiger partial charge in [-0.05, 0) is 18.9 Å². The predicted octanol–water partition coefficient (Wildman–Crippen LogP) is 0.884. The molecular weight excluding hydrogens is 258 g/mol. The molecular formula is C14H23N3O3. The molecule has 3 N–H and O–H groups in total. The number of carbonyl (C=O) groups is 1. The Morgan fingerprint density at radius 3 is 2.50 bits per heavy atom. The molecule has 1 saturated carbocycles. The van der Waals surface area contributed by atoms with Crippen LogP contribution in [-0.2, 0) is 0 Å². The maximum atomic E-state index is 12.2. The Balaban J connectivity index is 2.04. The Labute approximate surface area is 118 Å². The first kappa shape index (κ1) is 15.0. The predicted molar refractivity (Wildman–Crippen MR) is 74.5 cm³/mol. The van der Waals surface area contributed by atoms with Crippen LogP contribution >= 0.6 is 0 Å². The molecule has 0 aromatic carbocycles. The average Bonchev–Trinajstić information content (AvgIpc) is 2.97. The summed E-state index contributed by atoms with van der Waals surface area (Å²) in [6.45, 7) is 0.188. The number of aliphatic hydroxyl groups excluding tert-OH is 2. The van der Waals surface area contributed by atoms with Gasteiger partial charge in [-0.15, -0.1) is 0 Å². The molecule has 1 aromatic rings. The lowest BCUT2D eigenvalue weighted by atomic mass is 9.87. The fourth-order valence-corrected chi connectivity index (χ4v) is 2.79. The van der Waals surface area contributed by atoms with E-state index in [1.165, 1.54) is 24.2 Å². The van der Waals surface area contributed by atoms with Gasteiger partial charge in [-0.3, -0.25) is 9.89 Å². The van der Waals surface area contributed by atoms with E-state index in [0.717, 1.165) is 18.5 Å². The molecule has 0 aliphatic heterocycles. The summed E-state index contributed by atoms with van der Waals surface area (Å²) in [5.74, 6) is 0.230. The molecule has 1 aliphatic rings. The van der Waals surface area contributed by atoms with Gasteiger partial charge in [-0.2, -0.15) is 5.10 Å². The topological polar surface area (TPSA) is 89.5 Å². The van der Waals surface area contributed by atoms with Crippen molar-refractivity contribution in [2.75, 3.05) is 26.3 Å². The fraction of sp³-hybridized carbons (Fsp3) is 0.714. The zero-order chi connectivity index (χ0) is 14.4. The monoisotopic (exact) mass is 281 g/mol. The second-order valence-corrected chi connectivity index (χ2v) is 5.28. The summed E-state index contributed by atoms with van der Waals surface area (Å²) in [6.07, 6.45) is 6.04. The van der Waals surface area contributed by atoms with Gasteiger partial charge >= 0.3 is 0 Å². The summed E-state index contributed by atoms with van der Waals surface area (Å²) >= 11 is 0. The molecule has 0 saturated heterocycles. The third-order valence-electron chi connectivity index (χ3n) is 3.89. The van der Waals surface area contributed by atoms with Crippen molar-refractivity contribution >= 4 is 5.91 Å². The number of rotatable bonds is 6. The lowest BCUT2D eigenvalue weighted by Gasteiger charge is -2.20. The van der Waals surface area contributed by atoms with Crippen LogP contribution in [0, 0.1) is 0 Å². The SMILES string of the molecule is O=C(c1cc(C2CCCCC2)[nH]n1)N(CCO)CCO. The van der Waals surface area contributed by atoms with Crippen molar-refractivity contribution in [3.05, 3.63) is 17.5 Å². The van der Waals surface area contributed by atoms with E-state index in [1.54, 1.807) is 0 Å². The number of hydrogen-bond acceptors (Lipinski definition) is 4. The van der Waals surface area contributed by atoms with Gasteiger partial charge in [0.2, 0.25) is 0 Å². The van der Waals surface area contributed by atoms with Crippen LogP contribution in [0.1, 0.15) is 54.2 Å². The molecule has 6 nitrogen and oxygen atoms in total. The molecule has 1 heterocycles. The Hall–Kier alpha value is -1.40. The van der Waals surface area contributed by atoms with E-state index >= 15 is 0 Å². The molecule has 6 heteroatoms. The van der Waals surface area contributed by atoms with Gasteiger partial charge in [0.15, 0.2) is 0 Å². The molecule has 1 fully saturated rings. The molecule has 0 unspecified atom stereocenters. The molecule has 1 aromatic heterocycles. The average molecular weight is 281 g/mol. The van der Waals surface area contributed by atoms with Crippen molar-refractivity contribution < 1.29 is 15.0 Å². The van der Waals surface area contributed by atoms with Crippen LogP contribution in [-0.4, -0.2) is 57.5 Å². The second-order valence-electron chi connectivity index (χ2n) is 5.28. The molecule has 0 radical (unpaired) electrons. The summed E-state index contributed by atoms with van der Waals surface area (Å²) in [7, 11) is 0. The van der Waals surface area contributed by atoms with Crippen molar-refractivity contribution in [1.29, 1.82) is 0 Å². The number of aliphatic hydroxyl groups is 2. The molecule has 1 aliphatic carbocycles. The van der Waals surface area contributed by atoms with Gasteiger partial charge in [0.25, 0.3) is 5.91 Å². The molecule has 0 atom stereocenters. The lowest BCUT2D eigenvalue weighted by Crippen LogP contribution is -2.36. The van der Waals surface area contributed by atoms with Crippen LogP contribution in [0.4, 0.5) is 0 Å². The summed E-state index contributed by atoms with van der Waals surface area (Å²) in [6, 6.07) is 1.82. The maximum absolute atomic E-state index is 12.2. The van der Waals surface area contributed by atoms with Crippen LogP contribution in [0.2, 0.25) is 0 Å². The summed E-state index contributed by atoms with van der Waals surface area (Å²) < 4.78 is 0. The first-order valence-electron chi connectivity index (χ1n) is 7.32. The van der Waals surface area contributed by atoms with Crippen LogP contribution < -0.4 is 0 Å². The Bertz CT molecular complexity index is 421. The number of nitrogens with one attached hydrogen (secondary N) is 1. The number of hydrogen-bond donors (Lipinski definition) is 3. The minimum absolute atomic E-state index is 0.119. The number of nitrogens with zero attached hydrogens (tertiary/aromatic N) is 2. The van der Waals surface area contributed by atoms with Crippen molar-refractivity contribution in [3.63, 3.8) is 0 Å². The van der Waals surface area contributed by atoms with E-state index in [-0.39, 0.29) is 32.2 Å². The van der Waals surface area contributed by atoms with Crippen molar-refractivity contribution in [3.8, 4) is 0 Å². The minimum Gasteiger partial charge on any atom is -0.395 e.